The first kappa shape index (κ1) is 29.6. The molecule has 204 valence electrons. The summed E-state index contributed by atoms with van der Waals surface area (Å²) in [5.74, 6) is 0.0816. The van der Waals surface area contributed by atoms with E-state index in [0.29, 0.717) is 37.1 Å². The van der Waals surface area contributed by atoms with E-state index in [9.17, 15) is 13.2 Å². The van der Waals surface area contributed by atoms with E-state index in [1.807, 2.05) is 49.3 Å². The maximum atomic E-state index is 13.4. The lowest BCUT2D eigenvalue weighted by Gasteiger charge is -2.47. The second kappa shape index (κ2) is 12.8. The van der Waals surface area contributed by atoms with Crippen molar-refractivity contribution in [2.45, 2.75) is 35.8 Å². The van der Waals surface area contributed by atoms with Gasteiger partial charge in [0.05, 0.1) is 17.6 Å². The molecule has 38 heavy (non-hydrogen) atoms. The number of rotatable bonds is 9. The Hall–Kier alpha value is -2.91. The molecule has 1 saturated carbocycles. The summed E-state index contributed by atoms with van der Waals surface area (Å²) in [6.07, 6.45) is 1.47. The summed E-state index contributed by atoms with van der Waals surface area (Å²) in [5, 5.41) is 0. The van der Waals surface area contributed by atoms with Gasteiger partial charge in [-0.2, -0.15) is 0 Å². The number of methoxy groups -OCH3 is 1. The van der Waals surface area contributed by atoms with Gasteiger partial charge in [0.25, 0.3) is 0 Å². The fourth-order valence-electron chi connectivity index (χ4n) is 5.16. The molecule has 9 heteroatoms. The number of halogens is 1. The van der Waals surface area contributed by atoms with E-state index < -0.39 is 21.6 Å². The van der Waals surface area contributed by atoms with E-state index in [-0.39, 0.29) is 29.3 Å². The number of hydrogen-bond donors (Lipinski definition) is 1. The first-order valence-corrected chi connectivity index (χ1v) is 13.9. The summed E-state index contributed by atoms with van der Waals surface area (Å²) in [5.41, 5.74) is 0.355. The molecule has 0 aromatic heterocycles. The molecule has 0 heterocycles. The highest BCUT2D eigenvalue weighted by Gasteiger charge is 2.49. The maximum Gasteiger partial charge on any atom is 0.339 e. The number of carbonyl (C=O) groups is 1. The molecule has 3 atom stereocenters. The lowest BCUT2D eigenvalue weighted by Crippen LogP contribution is -2.52. The maximum absolute atomic E-state index is 13.4. The molecule has 7 nitrogen and oxygen atoms in total. The second-order valence-corrected chi connectivity index (χ2v) is 11.5. The van der Waals surface area contributed by atoms with Crippen LogP contribution < -0.4 is 9.46 Å². The third-order valence-electron chi connectivity index (χ3n) is 6.90. The Morgan fingerprint density at radius 1 is 1.00 bits per heavy atom. The van der Waals surface area contributed by atoms with E-state index in [2.05, 4.69) is 4.72 Å². The highest BCUT2D eigenvalue weighted by molar-refractivity contribution is 7.89. The van der Waals surface area contributed by atoms with Crippen molar-refractivity contribution < 1.29 is 22.7 Å². The zero-order valence-corrected chi connectivity index (χ0v) is 23.5. The van der Waals surface area contributed by atoms with E-state index in [1.165, 1.54) is 0 Å². The molecule has 1 fully saturated rings. The molecule has 0 spiro atoms. The minimum atomic E-state index is -3.68. The Morgan fingerprint density at radius 3 is 2.29 bits per heavy atom. The monoisotopic (exact) mass is 558 g/mol. The molecule has 0 aliphatic heterocycles. The molecule has 0 bridgehead atoms. The SMILES string of the molecule is COc1cccc(C2(OC(=O)c3ccccc3)CCC(NS(=O)(=O)c3ccccc3)CC2CN(C)C)c1.Cl. The highest BCUT2D eigenvalue weighted by atomic mass is 35.5. The molecule has 3 aromatic carbocycles. The molecular formula is C29H35ClN2O5S. The third-order valence-corrected chi connectivity index (χ3v) is 8.43. The molecule has 3 aromatic rings. The van der Waals surface area contributed by atoms with Gasteiger partial charge in [-0.15, -0.1) is 12.4 Å². The van der Waals surface area contributed by atoms with Gasteiger partial charge in [0.2, 0.25) is 10.0 Å². The van der Waals surface area contributed by atoms with Gasteiger partial charge >= 0.3 is 5.97 Å². The number of nitrogens with one attached hydrogen (secondary N) is 1. The van der Waals surface area contributed by atoms with Crippen molar-refractivity contribution in [3.63, 3.8) is 0 Å². The fraction of sp³-hybridized carbons (Fsp3) is 0.345. The number of benzene rings is 3. The number of nitrogens with zero attached hydrogens (tertiary/aromatic N) is 1. The van der Waals surface area contributed by atoms with Crippen molar-refractivity contribution in [3.05, 3.63) is 96.1 Å². The van der Waals surface area contributed by atoms with Gasteiger partial charge in [-0.05, 0) is 75.3 Å². The number of esters is 1. The van der Waals surface area contributed by atoms with Crippen molar-refractivity contribution in [1.82, 2.24) is 9.62 Å². The lowest BCUT2D eigenvalue weighted by atomic mass is 9.69. The van der Waals surface area contributed by atoms with Crippen molar-refractivity contribution in [2.75, 3.05) is 27.7 Å². The molecule has 0 radical (unpaired) electrons. The number of ether oxygens (including phenoxy) is 2. The van der Waals surface area contributed by atoms with Crippen LogP contribution in [0.2, 0.25) is 0 Å². The second-order valence-electron chi connectivity index (χ2n) is 9.74. The summed E-state index contributed by atoms with van der Waals surface area (Å²) in [7, 11) is 1.85. The average Bonchev–Trinajstić information content (AvgIpc) is 2.90. The lowest BCUT2D eigenvalue weighted by molar-refractivity contribution is -0.0866. The van der Waals surface area contributed by atoms with Crippen LogP contribution in [0, 0.1) is 5.92 Å². The van der Waals surface area contributed by atoms with E-state index in [0.717, 1.165) is 5.56 Å². The average molecular weight is 559 g/mol. The summed E-state index contributed by atoms with van der Waals surface area (Å²) in [6.45, 7) is 0.600. The quantitative estimate of drug-likeness (QED) is 0.377. The van der Waals surface area contributed by atoms with Crippen LogP contribution in [0.1, 0.15) is 35.2 Å². The van der Waals surface area contributed by atoms with Gasteiger partial charge in [0.15, 0.2) is 0 Å². The molecule has 1 aliphatic carbocycles. The zero-order valence-electron chi connectivity index (χ0n) is 21.9. The Bertz CT molecular complexity index is 1300. The Balaban J connectivity index is 0.00000400. The van der Waals surface area contributed by atoms with E-state index in [4.69, 9.17) is 9.47 Å². The van der Waals surface area contributed by atoms with Crippen LogP contribution in [0.25, 0.3) is 0 Å². The Morgan fingerprint density at radius 2 is 1.66 bits per heavy atom. The van der Waals surface area contributed by atoms with Gasteiger partial charge in [-0.1, -0.05) is 48.5 Å². The topological polar surface area (TPSA) is 84.9 Å². The largest absolute Gasteiger partial charge is 0.497 e. The molecule has 0 amide bonds. The number of sulfonamides is 1. The summed E-state index contributed by atoms with van der Waals surface area (Å²) in [4.78, 5) is 15.7. The van der Waals surface area contributed by atoms with Crippen molar-refractivity contribution in [1.29, 1.82) is 0 Å². The van der Waals surface area contributed by atoms with E-state index in [1.54, 1.807) is 61.7 Å². The Labute approximate surface area is 231 Å². The zero-order chi connectivity index (χ0) is 26.5. The standard InChI is InChI=1S/C29H34N2O5S.ClH/c1-31(2)21-24-19-25(30-37(33,34)27-15-8-5-9-16-27)17-18-29(24,23-13-10-14-26(20-23)35-3)36-28(32)22-11-6-4-7-12-22;/h4-16,20,24-25,30H,17-19,21H2,1-3H3;1H. The minimum Gasteiger partial charge on any atom is -0.497 e. The smallest absolute Gasteiger partial charge is 0.339 e. The first-order chi connectivity index (χ1) is 17.7. The highest BCUT2D eigenvalue weighted by Crippen LogP contribution is 2.46. The van der Waals surface area contributed by atoms with Crippen LogP contribution in [-0.4, -0.2) is 53.1 Å². The van der Waals surface area contributed by atoms with Crippen LogP contribution >= 0.6 is 12.4 Å². The molecular weight excluding hydrogens is 524 g/mol. The van der Waals surface area contributed by atoms with Crippen LogP contribution in [0.3, 0.4) is 0 Å². The molecule has 1 aliphatic rings. The van der Waals surface area contributed by atoms with Crippen LogP contribution in [0.5, 0.6) is 5.75 Å². The van der Waals surface area contributed by atoms with Crippen LogP contribution in [-0.2, 0) is 20.4 Å². The number of carbonyl (C=O) groups excluding carboxylic acids is 1. The minimum absolute atomic E-state index is 0. The van der Waals surface area contributed by atoms with Crippen LogP contribution in [0.15, 0.2) is 89.8 Å². The van der Waals surface area contributed by atoms with Crippen molar-refractivity contribution in [3.8, 4) is 5.75 Å². The van der Waals surface area contributed by atoms with Gasteiger partial charge < -0.3 is 14.4 Å². The number of hydrogen-bond acceptors (Lipinski definition) is 6. The van der Waals surface area contributed by atoms with E-state index >= 15 is 0 Å². The molecule has 1 N–H and O–H groups in total. The van der Waals surface area contributed by atoms with Gasteiger partial charge in [0, 0.05) is 18.5 Å². The Kier molecular flexibility index (Phi) is 9.95. The fourth-order valence-corrected chi connectivity index (χ4v) is 6.46. The summed E-state index contributed by atoms with van der Waals surface area (Å²) >= 11 is 0. The van der Waals surface area contributed by atoms with Gasteiger partial charge in [-0.3, -0.25) is 0 Å². The van der Waals surface area contributed by atoms with Crippen molar-refractivity contribution >= 4 is 28.4 Å². The molecule has 0 saturated heterocycles. The van der Waals surface area contributed by atoms with Crippen LogP contribution in [0.4, 0.5) is 0 Å². The summed E-state index contributed by atoms with van der Waals surface area (Å²) in [6, 6.07) is 24.6. The molecule has 3 unspecified atom stereocenters. The van der Waals surface area contributed by atoms with Gasteiger partial charge in [-0.25, -0.2) is 17.9 Å². The molecule has 4 rings (SSSR count). The predicted molar refractivity (Wildman–Crippen MR) is 150 cm³/mol. The normalized spacial score (nSPS) is 21.4. The van der Waals surface area contributed by atoms with Crippen molar-refractivity contribution in [2.24, 2.45) is 5.92 Å². The summed E-state index contributed by atoms with van der Waals surface area (Å²) < 4.78 is 41.0. The predicted octanol–water partition coefficient (Wildman–Crippen LogP) is 4.88. The third kappa shape index (κ3) is 6.74. The van der Waals surface area contributed by atoms with Gasteiger partial charge in [0.1, 0.15) is 11.4 Å². The first-order valence-electron chi connectivity index (χ1n) is 12.4.